The molecule has 0 aliphatic heterocycles. The normalized spacial score (nSPS) is 11.3. The Labute approximate surface area is 131 Å². The highest BCUT2D eigenvalue weighted by Gasteiger charge is 2.26. The smallest absolute Gasteiger partial charge is 0.349 e. The van der Waals surface area contributed by atoms with Gasteiger partial charge in [0, 0.05) is 6.54 Å². The summed E-state index contributed by atoms with van der Waals surface area (Å²) in [7, 11) is -2.66. The first kappa shape index (κ1) is 16.0. The molecule has 0 spiro atoms. The van der Waals surface area contributed by atoms with Gasteiger partial charge in [0.1, 0.15) is 9.77 Å². The summed E-state index contributed by atoms with van der Waals surface area (Å²) in [4.78, 5) is 11.4. The number of thiophene rings is 1. The molecule has 1 N–H and O–H groups in total. The van der Waals surface area contributed by atoms with Crippen LogP contribution in [0.2, 0.25) is 4.34 Å². The SMILES string of the molecule is COC(=O)c1sc(Cl)cc1S(=O)(=O)NCc1ccccc1. The van der Waals surface area contributed by atoms with E-state index in [1.165, 1.54) is 13.2 Å². The molecule has 1 heterocycles. The number of carbonyl (C=O) groups is 1. The Morgan fingerprint density at radius 1 is 1.33 bits per heavy atom. The Morgan fingerprint density at radius 2 is 2.00 bits per heavy atom. The van der Waals surface area contributed by atoms with Crippen molar-refractivity contribution in [1.82, 2.24) is 4.72 Å². The van der Waals surface area contributed by atoms with Crippen LogP contribution >= 0.6 is 22.9 Å². The maximum Gasteiger partial charge on any atom is 0.349 e. The van der Waals surface area contributed by atoms with Gasteiger partial charge < -0.3 is 4.74 Å². The zero-order chi connectivity index (χ0) is 15.5. The van der Waals surface area contributed by atoms with Gasteiger partial charge in [-0.3, -0.25) is 0 Å². The molecule has 8 heteroatoms. The second-order valence-electron chi connectivity index (χ2n) is 4.05. The maximum atomic E-state index is 12.3. The van der Waals surface area contributed by atoms with Crippen molar-refractivity contribution < 1.29 is 17.9 Å². The van der Waals surface area contributed by atoms with Crippen molar-refractivity contribution in [1.29, 1.82) is 0 Å². The molecule has 0 fully saturated rings. The van der Waals surface area contributed by atoms with Crippen LogP contribution in [0.5, 0.6) is 0 Å². The number of hydrogen-bond donors (Lipinski definition) is 1. The maximum absolute atomic E-state index is 12.3. The number of esters is 1. The summed E-state index contributed by atoms with van der Waals surface area (Å²) in [5, 5.41) is 0. The average Bonchev–Trinajstić information content (AvgIpc) is 2.88. The molecule has 112 valence electrons. The summed E-state index contributed by atoms with van der Waals surface area (Å²) in [5.41, 5.74) is 0.807. The number of nitrogens with one attached hydrogen (secondary N) is 1. The van der Waals surface area contributed by atoms with Crippen LogP contribution in [0.4, 0.5) is 0 Å². The molecule has 1 aromatic heterocycles. The minimum Gasteiger partial charge on any atom is -0.465 e. The summed E-state index contributed by atoms with van der Waals surface area (Å²) in [6.45, 7) is 0.122. The largest absolute Gasteiger partial charge is 0.465 e. The Bertz CT molecular complexity index is 741. The number of hydrogen-bond acceptors (Lipinski definition) is 5. The molecule has 0 unspecified atom stereocenters. The molecule has 0 aliphatic rings. The van der Waals surface area contributed by atoms with Gasteiger partial charge in [0.15, 0.2) is 0 Å². The first-order valence-corrected chi connectivity index (χ1v) is 8.53. The van der Waals surface area contributed by atoms with Crippen molar-refractivity contribution in [2.45, 2.75) is 11.4 Å². The van der Waals surface area contributed by atoms with Gasteiger partial charge in [-0.25, -0.2) is 17.9 Å². The van der Waals surface area contributed by atoms with Gasteiger partial charge in [0.05, 0.1) is 11.4 Å². The Morgan fingerprint density at radius 3 is 2.62 bits per heavy atom. The predicted octanol–water partition coefficient (Wildman–Crippen LogP) is 2.67. The molecule has 0 radical (unpaired) electrons. The highest BCUT2D eigenvalue weighted by molar-refractivity contribution is 7.89. The highest BCUT2D eigenvalue weighted by atomic mass is 35.5. The molecule has 2 rings (SSSR count). The number of ether oxygens (including phenoxy) is 1. The number of sulfonamides is 1. The van der Waals surface area contributed by atoms with Gasteiger partial charge in [-0.2, -0.15) is 0 Å². The summed E-state index contributed by atoms with van der Waals surface area (Å²) >= 11 is 6.68. The lowest BCUT2D eigenvalue weighted by molar-refractivity contribution is 0.0602. The molecular weight excluding hydrogens is 334 g/mol. The second kappa shape index (κ2) is 6.57. The van der Waals surface area contributed by atoms with Crippen molar-refractivity contribution in [3.05, 3.63) is 51.2 Å². The standard InChI is InChI=1S/C13H12ClNO4S2/c1-19-13(16)12-10(7-11(14)20-12)21(17,18)15-8-9-5-3-2-4-6-9/h2-7,15H,8H2,1H3. The molecule has 0 atom stereocenters. The Hall–Kier alpha value is -1.41. The fourth-order valence-corrected chi connectivity index (χ4v) is 4.38. The van der Waals surface area contributed by atoms with Crippen molar-refractivity contribution in [3.8, 4) is 0 Å². The first-order valence-electron chi connectivity index (χ1n) is 5.85. The molecule has 0 bridgehead atoms. The molecule has 0 saturated carbocycles. The quantitative estimate of drug-likeness (QED) is 0.845. The molecule has 2 aromatic rings. The highest BCUT2D eigenvalue weighted by Crippen LogP contribution is 2.30. The van der Waals surface area contributed by atoms with Gasteiger partial charge in [0.25, 0.3) is 0 Å². The van der Waals surface area contributed by atoms with Crippen molar-refractivity contribution in [2.75, 3.05) is 7.11 Å². The third-order valence-electron chi connectivity index (χ3n) is 2.64. The lowest BCUT2D eigenvalue weighted by Gasteiger charge is -2.07. The van der Waals surface area contributed by atoms with Gasteiger partial charge in [-0.1, -0.05) is 41.9 Å². The van der Waals surface area contributed by atoms with Crippen LogP contribution in [0.25, 0.3) is 0 Å². The third-order valence-corrected chi connectivity index (χ3v) is 5.44. The second-order valence-corrected chi connectivity index (χ2v) is 7.46. The van der Waals surface area contributed by atoms with E-state index >= 15 is 0 Å². The van der Waals surface area contributed by atoms with Crippen LogP contribution in [-0.4, -0.2) is 21.5 Å². The summed E-state index contributed by atoms with van der Waals surface area (Å²) in [6, 6.07) is 10.3. The van der Waals surface area contributed by atoms with E-state index in [1.54, 1.807) is 12.1 Å². The van der Waals surface area contributed by atoms with Crippen LogP contribution in [0.15, 0.2) is 41.3 Å². The van der Waals surface area contributed by atoms with Gasteiger partial charge in [-0.05, 0) is 11.6 Å². The average molecular weight is 346 g/mol. The minimum absolute atomic E-state index is 0.0388. The monoisotopic (exact) mass is 345 g/mol. The summed E-state index contributed by atoms with van der Waals surface area (Å²) < 4.78 is 31.8. The minimum atomic E-state index is -3.85. The van der Waals surface area contributed by atoms with E-state index in [-0.39, 0.29) is 20.7 Å². The molecule has 0 saturated heterocycles. The van der Waals surface area contributed by atoms with E-state index in [4.69, 9.17) is 11.6 Å². The molecule has 1 aromatic carbocycles. The van der Waals surface area contributed by atoms with E-state index in [1.807, 2.05) is 18.2 Å². The molecule has 5 nitrogen and oxygen atoms in total. The van der Waals surface area contributed by atoms with E-state index in [2.05, 4.69) is 9.46 Å². The van der Waals surface area contributed by atoms with Crippen LogP contribution in [0, 0.1) is 0 Å². The van der Waals surface area contributed by atoms with Gasteiger partial charge in [0.2, 0.25) is 10.0 Å². The van der Waals surface area contributed by atoms with Gasteiger partial charge in [-0.15, -0.1) is 11.3 Å². The van der Waals surface area contributed by atoms with Crippen molar-refractivity contribution >= 4 is 38.9 Å². The van der Waals surface area contributed by atoms with Crippen LogP contribution in [0.3, 0.4) is 0 Å². The van der Waals surface area contributed by atoms with Crippen molar-refractivity contribution in [3.63, 3.8) is 0 Å². The van der Waals surface area contributed by atoms with Crippen LogP contribution in [0.1, 0.15) is 15.2 Å². The fourth-order valence-electron chi connectivity index (χ4n) is 1.63. The van der Waals surface area contributed by atoms with E-state index in [0.717, 1.165) is 16.9 Å². The Kier molecular flexibility index (Phi) is 5.00. The Balaban J connectivity index is 2.26. The van der Waals surface area contributed by atoms with Gasteiger partial charge >= 0.3 is 5.97 Å². The van der Waals surface area contributed by atoms with E-state index in [0.29, 0.717) is 0 Å². The fraction of sp³-hybridized carbons (Fsp3) is 0.154. The first-order chi connectivity index (χ1) is 9.94. The third kappa shape index (κ3) is 3.82. The van der Waals surface area contributed by atoms with Crippen LogP contribution in [-0.2, 0) is 21.3 Å². The lowest BCUT2D eigenvalue weighted by atomic mass is 10.2. The number of methoxy groups -OCH3 is 1. The zero-order valence-electron chi connectivity index (χ0n) is 11.0. The zero-order valence-corrected chi connectivity index (χ0v) is 13.4. The lowest BCUT2D eigenvalue weighted by Crippen LogP contribution is -2.24. The number of rotatable bonds is 5. The van der Waals surface area contributed by atoms with E-state index < -0.39 is 16.0 Å². The predicted molar refractivity (Wildman–Crippen MR) is 81.1 cm³/mol. The topological polar surface area (TPSA) is 72.5 Å². The van der Waals surface area contributed by atoms with Crippen LogP contribution < -0.4 is 4.72 Å². The number of halogens is 1. The molecule has 0 amide bonds. The van der Waals surface area contributed by atoms with E-state index in [9.17, 15) is 13.2 Å². The molecule has 0 aliphatic carbocycles. The number of benzene rings is 1. The number of carbonyl (C=O) groups excluding carboxylic acids is 1. The summed E-state index contributed by atoms with van der Waals surface area (Å²) in [6.07, 6.45) is 0. The van der Waals surface area contributed by atoms with Crippen molar-refractivity contribution in [2.24, 2.45) is 0 Å². The molecular formula is C13H12ClNO4S2. The molecule has 21 heavy (non-hydrogen) atoms. The summed E-state index contributed by atoms with van der Waals surface area (Å²) in [5.74, 6) is -0.730.